The van der Waals surface area contributed by atoms with Gasteiger partial charge in [0.05, 0.1) is 12.3 Å². The van der Waals surface area contributed by atoms with E-state index < -0.39 is 5.97 Å². The monoisotopic (exact) mass is 341 g/mol. The molecule has 0 aromatic heterocycles. The molecule has 0 atom stereocenters. The number of anilines is 1. The minimum atomic E-state index is -0.767. The molecule has 0 amide bonds. The number of nitrogen functional groups attached to an aromatic ring is 2. The Balaban J connectivity index is 1.91. The third-order valence-electron chi connectivity index (χ3n) is 3.83. The Morgan fingerprint density at radius 1 is 1.04 bits per heavy atom. The van der Waals surface area contributed by atoms with Crippen molar-refractivity contribution in [3.8, 4) is 16.9 Å². The zero-order valence-corrected chi connectivity index (χ0v) is 14.0. The molecule has 2 rings (SSSR count). The van der Waals surface area contributed by atoms with E-state index in [0.29, 0.717) is 30.0 Å². The molecule has 0 unspecified atom stereocenters. The van der Waals surface area contributed by atoms with Crippen molar-refractivity contribution in [3.05, 3.63) is 48.0 Å². The number of hydrogen-bond donors (Lipinski definition) is 4. The second-order valence-corrected chi connectivity index (χ2v) is 5.80. The van der Waals surface area contributed by atoms with Crippen LogP contribution in [0.4, 0.5) is 5.69 Å². The highest BCUT2D eigenvalue weighted by Crippen LogP contribution is 2.29. The summed E-state index contributed by atoms with van der Waals surface area (Å²) in [4.78, 5) is 10.4. The van der Waals surface area contributed by atoms with E-state index in [1.807, 2.05) is 30.3 Å². The van der Waals surface area contributed by atoms with Crippen LogP contribution in [0.5, 0.6) is 5.75 Å². The summed E-state index contributed by atoms with van der Waals surface area (Å²) in [5, 5.41) is 16.0. The number of rotatable bonds is 9. The summed E-state index contributed by atoms with van der Waals surface area (Å²) in [6.07, 6.45) is 2.45. The van der Waals surface area contributed by atoms with Crippen LogP contribution in [0, 0.1) is 5.41 Å². The molecule has 0 spiro atoms. The van der Waals surface area contributed by atoms with Crippen molar-refractivity contribution in [1.29, 1.82) is 5.41 Å². The summed E-state index contributed by atoms with van der Waals surface area (Å²) in [6, 6.07) is 13.0. The average Bonchev–Trinajstić information content (AvgIpc) is 2.59. The number of nitrogens with one attached hydrogen (secondary N) is 1. The van der Waals surface area contributed by atoms with Gasteiger partial charge in [-0.1, -0.05) is 30.3 Å². The van der Waals surface area contributed by atoms with Crippen molar-refractivity contribution in [1.82, 2.24) is 0 Å². The van der Waals surface area contributed by atoms with Gasteiger partial charge in [-0.05, 0) is 42.5 Å². The Kier molecular flexibility index (Phi) is 6.39. The van der Waals surface area contributed by atoms with Gasteiger partial charge in [0, 0.05) is 12.0 Å². The summed E-state index contributed by atoms with van der Waals surface area (Å²) in [5.74, 6) is -0.0994. The Labute approximate surface area is 146 Å². The van der Waals surface area contributed by atoms with E-state index in [-0.39, 0.29) is 12.3 Å². The number of ether oxygens (including phenoxy) is 1. The highest BCUT2D eigenvalue weighted by atomic mass is 16.5. The number of benzene rings is 2. The predicted octanol–water partition coefficient (Wildman–Crippen LogP) is 3.24. The van der Waals surface area contributed by atoms with Crippen LogP contribution >= 0.6 is 0 Å². The molecular formula is C19H23N3O3. The first-order valence-corrected chi connectivity index (χ1v) is 8.16. The number of carboxylic acid groups (broad SMARTS) is 1. The largest absolute Gasteiger partial charge is 0.491 e. The molecule has 0 aliphatic carbocycles. The first-order chi connectivity index (χ1) is 12.0. The minimum absolute atomic E-state index is 0.0400. The van der Waals surface area contributed by atoms with Gasteiger partial charge in [0.25, 0.3) is 0 Å². The smallest absolute Gasteiger partial charge is 0.303 e. The zero-order chi connectivity index (χ0) is 18.2. The maximum Gasteiger partial charge on any atom is 0.303 e. The van der Waals surface area contributed by atoms with Crippen LogP contribution in [0.1, 0.15) is 31.2 Å². The van der Waals surface area contributed by atoms with Gasteiger partial charge in [0.15, 0.2) is 0 Å². The molecule has 0 radical (unpaired) electrons. The van der Waals surface area contributed by atoms with Crippen molar-refractivity contribution < 1.29 is 14.6 Å². The Bertz CT molecular complexity index is 742. The first kappa shape index (κ1) is 18.3. The lowest BCUT2D eigenvalue weighted by atomic mass is 10.0. The van der Waals surface area contributed by atoms with E-state index >= 15 is 0 Å². The standard InChI is InChI=1S/C19H23N3O3/c20-16-12-15(13-5-7-14(8-6-13)19(21)22)9-10-17(16)25-11-3-1-2-4-18(23)24/h5-10,12H,1-4,11,20H2,(H3,21,22)(H,23,24). The lowest BCUT2D eigenvalue weighted by molar-refractivity contribution is -0.137. The summed E-state index contributed by atoms with van der Waals surface area (Å²) in [6.45, 7) is 0.510. The van der Waals surface area contributed by atoms with Gasteiger partial charge >= 0.3 is 5.97 Å². The van der Waals surface area contributed by atoms with Gasteiger partial charge in [0.1, 0.15) is 11.6 Å². The van der Waals surface area contributed by atoms with Crippen LogP contribution in [0.15, 0.2) is 42.5 Å². The summed E-state index contributed by atoms with van der Waals surface area (Å²) < 4.78 is 5.67. The van der Waals surface area contributed by atoms with E-state index in [4.69, 9.17) is 26.7 Å². The molecule has 6 heteroatoms. The third kappa shape index (κ3) is 5.53. The summed E-state index contributed by atoms with van der Waals surface area (Å²) in [7, 11) is 0. The van der Waals surface area contributed by atoms with Crippen molar-refractivity contribution in [2.75, 3.05) is 12.3 Å². The SMILES string of the molecule is N=C(N)c1ccc(-c2ccc(OCCCCCC(=O)O)c(N)c2)cc1. The van der Waals surface area contributed by atoms with Crippen LogP contribution in [-0.4, -0.2) is 23.5 Å². The third-order valence-corrected chi connectivity index (χ3v) is 3.83. The quantitative estimate of drug-likeness (QED) is 0.241. The number of carboxylic acids is 1. The maximum absolute atomic E-state index is 10.4. The lowest BCUT2D eigenvalue weighted by Gasteiger charge is -2.11. The molecule has 0 bridgehead atoms. The van der Waals surface area contributed by atoms with Gasteiger partial charge in [-0.2, -0.15) is 0 Å². The normalized spacial score (nSPS) is 10.4. The first-order valence-electron chi connectivity index (χ1n) is 8.16. The number of nitrogens with two attached hydrogens (primary N) is 2. The van der Waals surface area contributed by atoms with Crippen LogP contribution in [0.3, 0.4) is 0 Å². The summed E-state index contributed by atoms with van der Waals surface area (Å²) in [5.41, 5.74) is 14.7. The highest BCUT2D eigenvalue weighted by molar-refractivity contribution is 5.95. The van der Waals surface area contributed by atoms with Crippen molar-refractivity contribution in [3.63, 3.8) is 0 Å². The van der Waals surface area contributed by atoms with E-state index in [0.717, 1.165) is 24.0 Å². The van der Waals surface area contributed by atoms with E-state index in [1.54, 1.807) is 12.1 Å². The van der Waals surface area contributed by atoms with Crippen LogP contribution in [0.25, 0.3) is 11.1 Å². The van der Waals surface area contributed by atoms with E-state index in [2.05, 4.69) is 0 Å². The highest BCUT2D eigenvalue weighted by Gasteiger charge is 2.05. The molecular weight excluding hydrogens is 318 g/mol. The molecule has 0 aliphatic heterocycles. The minimum Gasteiger partial charge on any atom is -0.491 e. The number of unbranched alkanes of at least 4 members (excludes halogenated alkanes) is 2. The van der Waals surface area contributed by atoms with Crippen LogP contribution < -0.4 is 16.2 Å². The second kappa shape index (κ2) is 8.73. The molecule has 6 nitrogen and oxygen atoms in total. The van der Waals surface area contributed by atoms with Gasteiger partial charge in [-0.3, -0.25) is 10.2 Å². The molecule has 0 saturated heterocycles. The van der Waals surface area contributed by atoms with Gasteiger partial charge in [-0.15, -0.1) is 0 Å². The zero-order valence-electron chi connectivity index (χ0n) is 14.0. The molecule has 0 fully saturated rings. The molecule has 0 saturated carbocycles. The maximum atomic E-state index is 10.4. The topological polar surface area (TPSA) is 122 Å². The molecule has 2 aromatic carbocycles. The van der Waals surface area contributed by atoms with Crippen molar-refractivity contribution >= 4 is 17.5 Å². The molecule has 132 valence electrons. The molecule has 0 heterocycles. The van der Waals surface area contributed by atoms with E-state index in [9.17, 15) is 4.79 Å². The van der Waals surface area contributed by atoms with Crippen molar-refractivity contribution in [2.24, 2.45) is 5.73 Å². The Morgan fingerprint density at radius 2 is 1.72 bits per heavy atom. The Morgan fingerprint density at radius 3 is 2.32 bits per heavy atom. The van der Waals surface area contributed by atoms with Crippen LogP contribution in [0.2, 0.25) is 0 Å². The number of carbonyl (C=O) groups is 1. The van der Waals surface area contributed by atoms with Crippen molar-refractivity contribution in [2.45, 2.75) is 25.7 Å². The number of aliphatic carboxylic acids is 1. The predicted molar refractivity (Wildman–Crippen MR) is 98.9 cm³/mol. The summed E-state index contributed by atoms with van der Waals surface area (Å²) >= 11 is 0. The fourth-order valence-corrected chi connectivity index (χ4v) is 2.44. The molecule has 25 heavy (non-hydrogen) atoms. The van der Waals surface area contributed by atoms with E-state index in [1.165, 1.54) is 0 Å². The van der Waals surface area contributed by atoms with Crippen LogP contribution in [-0.2, 0) is 4.79 Å². The molecule has 6 N–H and O–H groups in total. The number of hydrogen-bond acceptors (Lipinski definition) is 4. The Hall–Kier alpha value is -3.02. The fourth-order valence-electron chi connectivity index (χ4n) is 2.44. The van der Waals surface area contributed by atoms with Gasteiger partial charge in [0.2, 0.25) is 0 Å². The lowest BCUT2D eigenvalue weighted by Crippen LogP contribution is -2.10. The van der Waals surface area contributed by atoms with Gasteiger partial charge < -0.3 is 21.3 Å². The fraction of sp³-hybridized carbons (Fsp3) is 0.263. The number of amidine groups is 1. The molecule has 2 aromatic rings. The average molecular weight is 341 g/mol. The second-order valence-electron chi connectivity index (χ2n) is 5.80. The van der Waals surface area contributed by atoms with Gasteiger partial charge in [-0.25, -0.2) is 0 Å². The molecule has 0 aliphatic rings.